The molecule has 1 aliphatic carbocycles. The van der Waals surface area contributed by atoms with Gasteiger partial charge in [-0.05, 0) is 48.9 Å². The molecule has 1 amide bonds. The molecule has 1 N–H and O–H groups in total. The van der Waals surface area contributed by atoms with Crippen LogP contribution in [0.4, 0.5) is 5.82 Å². The van der Waals surface area contributed by atoms with Gasteiger partial charge in [-0.1, -0.05) is 6.07 Å². The third kappa shape index (κ3) is 4.79. The molecule has 0 saturated carbocycles. The Balaban J connectivity index is 1.26. The van der Waals surface area contributed by atoms with E-state index in [-0.39, 0.29) is 23.8 Å². The lowest BCUT2D eigenvalue weighted by Gasteiger charge is -2.35. The summed E-state index contributed by atoms with van der Waals surface area (Å²) in [6.07, 6.45) is 9.35. The van der Waals surface area contributed by atoms with Crippen LogP contribution in [-0.2, 0) is 27.7 Å². The van der Waals surface area contributed by atoms with Crippen molar-refractivity contribution >= 4 is 21.7 Å². The molecule has 2 aliphatic rings. The molecule has 1 aliphatic heterocycles. The van der Waals surface area contributed by atoms with Crippen LogP contribution in [0.2, 0.25) is 0 Å². The van der Waals surface area contributed by atoms with E-state index in [4.69, 9.17) is 0 Å². The highest BCUT2D eigenvalue weighted by Crippen LogP contribution is 2.24. The number of piperazine rings is 1. The van der Waals surface area contributed by atoms with E-state index in [0.717, 1.165) is 37.1 Å². The number of rotatable bonds is 6. The molecule has 1 aromatic heterocycles. The van der Waals surface area contributed by atoms with E-state index >= 15 is 0 Å². The Labute approximate surface area is 177 Å². The molecule has 0 unspecified atom stereocenters. The monoisotopic (exact) mass is 429 g/mol. The normalized spacial score (nSPS) is 16.9. The Bertz CT molecular complexity index is 989. The van der Waals surface area contributed by atoms with Gasteiger partial charge in [0.15, 0.2) is 0 Å². The van der Waals surface area contributed by atoms with E-state index in [1.807, 2.05) is 6.07 Å². The van der Waals surface area contributed by atoms with Gasteiger partial charge < -0.3 is 9.80 Å². The molecular weight excluding hydrogens is 402 g/mol. The van der Waals surface area contributed by atoms with Crippen LogP contribution in [0.5, 0.6) is 0 Å². The van der Waals surface area contributed by atoms with Crippen molar-refractivity contribution in [3.63, 3.8) is 0 Å². The van der Waals surface area contributed by atoms with Crippen molar-refractivity contribution in [2.45, 2.75) is 37.0 Å². The van der Waals surface area contributed by atoms with Gasteiger partial charge in [-0.15, -0.1) is 0 Å². The minimum absolute atomic E-state index is 0.0399. The molecule has 2 heterocycles. The standard InChI is InChI=1S/C21H27N5O3S/c27-21(26-13-11-25(12-14-26)20-16-22-9-10-23-20)7-8-24-30(28,29)19-6-5-17-3-1-2-4-18(17)15-19/h5-6,9-10,15-16,24H,1-4,7-8,11-14H2. The molecule has 0 radical (unpaired) electrons. The Hall–Kier alpha value is -2.52. The Morgan fingerprint density at radius 3 is 2.53 bits per heavy atom. The zero-order chi connectivity index (χ0) is 21.0. The van der Waals surface area contributed by atoms with Gasteiger partial charge in [0.05, 0.1) is 11.1 Å². The maximum absolute atomic E-state index is 12.6. The summed E-state index contributed by atoms with van der Waals surface area (Å²) < 4.78 is 27.8. The highest BCUT2D eigenvalue weighted by molar-refractivity contribution is 7.89. The van der Waals surface area contributed by atoms with E-state index in [9.17, 15) is 13.2 Å². The second-order valence-corrected chi connectivity index (χ2v) is 9.48. The fourth-order valence-corrected chi connectivity index (χ4v) is 5.13. The van der Waals surface area contributed by atoms with E-state index in [1.165, 1.54) is 5.56 Å². The number of carbonyl (C=O) groups excluding carboxylic acids is 1. The summed E-state index contributed by atoms with van der Waals surface area (Å²) in [6, 6.07) is 5.37. The molecule has 0 atom stereocenters. The van der Waals surface area contributed by atoms with E-state index in [2.05, 4.69) is 19.6 Å². The van der Waals surface area contributed by atoms with Crippen LogP contribution in [0.3, 0.4) is 0 Å². The van der Waals surface area contributed by atoms with Crippen LogP contribution < -0.4 is 9.62 Å². The molecule has 30 heavy (non-hydrogen) atoms. The quantitative estimate of drug-likeness (QED) is 0.745. The molecule has 1 aromatic carbocycles. The summed E-state index contributed by atoms with van der Waals surface area (Å²) in [5.74, 6) is 0.768. The van der Waals surface area contributed by atoms with E-state index in [1.54, 1.807) is 35.6 Å². The Morgan fingerprint density at radius 1 is 1.03 bits per heavy atom. The van der Waals surface area contributed by atoms with E-state index < -0.39 is 10.0 Å². The molecule has 1 fully saturated rings. The number of benzene rings is 1. The number of fused-ring (bicyclic) bond motifs is 1. The van der Waals surface area contributed by atoms with Gasteiger partial charge in [-0.25, -0.2) is 18.1 Å². The SMILES string of the molecule is O=C(CCNS(=O)(=O)c1ccc2c(c1)CCCC2)N1CCN(c2cnccn2)CC1. The van der Waals surface area contributed by atoms with Crippen molar-refractivity contribution in [3.05, 3.63) is 47.9 Å². The predicted octanol–water partition coefficient (Wildman–Crippen LogP) is 1.37. The average Bonchev–Trinajstić information content (AvgIpc) is 2.79. The highest BCUT2D eigenvalue weighted by Gasteiger charge is 2.23. The van der Waals surface area contributed by atoms with Gasteiger partial charge >= 0.3 is 0 Å². The van der Waals surface area contributed by atoms with Crippen molar-refractivity contribution in [1.29, 1.82) is 0 Å². The first-order chi connectivity index (χ1) is 14.5. The molecule has 0 spiro atoms. The average molecular weight is 430 g/mol. The zero-order valence-corrected chi connectivity index (χ0v) is 17.8. The lowest BCUT2D eigenvalue weighted by atomic mass is 9.92. The van der Waals surface area contributed by atoms with Crippen LogP contribution in [0.15, 0.2) is 41.7 Å². The van der Waals surface area contributed by atoms with Gasteiger partial charge in [0.2, 0.25) is 15.9 Å². The minimum atomic E-state index is -3.61. The topological polar surface area (TPSA) is 95.5 Å². The van der Waals surface area contributed by atoms with E-state index in [0.29, 0.717) is 26.2 Å². The second-order valence-electron chi connectivity index (χ2n) is 7.72. The van der Waals surface area contributed by atoms with Crippen molar-refractivity contribution in [1.82, 2.24) is 19.6 Å². The third-order valence-electron chi connectivity index (χ3n) is 5.77. The predicted molar refractivity (Wildman–Crippen MR) is 114 cm³/mol. The number of aryl methyl sites for hydroxylation is 2. The summed E-state index contributed by atoms with van der Waals surface area (Å²) in [4.78, 5) is 25.0. The summed E-state index contributed by atoms with van der Waals surface area (Å²) >= 11 is 0. The zero-order valence-electron chi connectivity index (χ0n) is 17.0. The number of hydrogen-bond donors (Lipinski definition) is 1. The number of amides is 1. The van der Waals surface area contributed by atoms with Gasteiger partial charge in [0, 0.05) is 51.5 Å². The third-order valence-corrected chi connectivity index (χ3v) is 7.23. The number of anilines is 1. The maximum atomic E-state index is 12.6. The van der Waals surface area contributed by atoms with Crippen LogP contribution in [0.25, 0.3) is 0 Å². The highest BCUT2D eigenvalue weighted by atomic mass is 32.2. The van der Waals surface area contributed by atoms with Crippen molar-refractivity contribution in [3.8, 4) is 0 Å². The first kappa shape index (κ1) is 20.7. The van der Waals surface area contributed by atoms with Crippen molar-refractivity contribution in [2.75, 3.05) is 37.6 Å². The van der Waals surface area contributed by atoms with Crippen molar-refractivity contribution in [2.24, 2.45) is 0 Å². The summed E-state index contributed by atoms with van der Waals surface area (Å²) in [5.41, 5.74) is 2.37. The molecule has 160 valence electrons. The van der Waals surface area contributed by atoms with Crippen LogP contribution in [0.1, 0.15) is 30.4 Å². The fraction of sp³-hybridized carbons (Fsp3) is 0.476. The molecule has 0 bridgehead atoms. The van der Waals surface area contributed by atoms with Gasteiger partial charge in [-0.2, -0.15) is 0 Å². The van der Waals surface area contributed by atoms with Gasteiger partial charge in [-0.3, -0.25) is 9.78 Å². The smallest absolute Gasteiger partial charge is 0.240 e. The first-order valence-electron chi connectivity index (χ1n) is 10.4. The summed E-state index contributed by atoms with van der Waals surface area (Å²) in [7, 11) is -3.61. The molecule has 8 nitrogen and oxygen atoms in total. The molecule has 9 heteroatoms. The number of hydrogen-bond acceptors (Lipinski definition) is 6. The summed E-state index contributed by atoms with van der Waals surface area (Å²) in [6.45, 7) is 2.65. The Kier molecular flexibility index (Phi) is 6.29. The van der Waals surface area contributed by atoms with Crippen molar-refractivity contribution < 1.29 is 13.2 Å². The number of aromatic nitrogens is 2. The number of nitrogens with zero attached hydrogens (tertiary/aromatic N) is 4. The Morgan fingerprint density at radius 2 is 1.80 bits per heavy atom. The van der Waals surface area contributed by atoms with Gasteiger partial charge in [0.25, 0.3) is 0 Å². The number of nitrogens with one attached hydrogen (secondary N) is 1. The minimum Gasteiger partial charge on any atom is -0.352 e. The summed E-state index contributed by atoms with van der Waals surface area (Å²) in [5, 5.41) is 0. The van der Waals surface area contributed by atoms with Crippen LogP contribution in [0, 0.1) is 0 Å². The fourth-order valence-electron chi connectivity index (χ4n) is 4.05. The van der Waals surface area contributed by atoms with Gasteiger partial charge in [0.1, 0.15) is 5.82 Å². The molecule has 1 saturated heterocycles. The van der Waals surface area contributed by atoms with Crippen LogP contribution >= 0.6 is 0 Å². The molecular formula is C21H27N5O3S. The second kappa shape index (κ2) is 9.09. The first-order valence-corrected chi connectivity index (χ1v) is 11.9. The number of sulfonamides is 1. The lowest BCUT2D eigenvalue weighted by molar-refractivity contribution is -0.131. The molecule has 4 rings (SSSR count). The lowest BCUT2D eigenvalue weighted by Crippen LogP contribution is -2.49. The van der Waals surface area contributed by atoms with Crippen LogP contribution in [-0.4, -0.2) is 61.9 Å². The molecule has 2 aromatic rings. The largest absolute Gasteiger partial charge is 0.352 e. The maximum Gasteiger partial charge on any atom is 0.240 e. The number of carbonyl (C=O) groups is 1.